The van der Waals surface area contributed by atoms with Gasteiger partial charge in [-0.3, -0.25) is 14.5 Å². The smallest absolute Gasteiger partial charge is 0.325 e. The molecule has 0 radical (unpaired) electrons. The van der Waals surface area contributed by atoms with Gasteiger partial charge in [-0.2, -0.15) is 0 Å². The van der Waals surface area contributed by atoms with Crippen LogP contribution in [0.25, 0.3) is 0 Å². The lowest BCUT2D eigenvalue weighted by atomic mass is 9.82. The summed E-state index contributed by atoms with van der Waals surface area (Å²) in [6.07, 6.45) is 0. The summed E-state index contributed by atoms with van der Waals surface area (Å²) in [4.78, 5) is 40.8. The van der Waals surface area contributed by atoms with E-state index < -0.39 is 29.8 Å². The number of imide groups is 1. The maximum Gasteiger partial charge on any atom is 0.325 e. The third-order valence-electron chi connectivity index (χ3n) is 5.53. The van der Waals surface area contributed by atoms with Crippen molar-refractivity contribution in [1.29, 1.82) is 0 Å². The van der Waals surface area contributed by atoms with E-state index in [0.717, 1.165) is 4.90 Å². The number of benzene rings is 3. The van der Waals surface area contributed by atoms with Gasteiger partial charge in [0.1, 0.15) is 11.5 Å². The molecule has 3 amide bonds. The van der Waals surface area contributed by atoms with Crippen LogP contribution in [0.4, 0.5) is 4.79 Å². The van der Waals surface area contributed by atoms with Crippen LogP contribution in [-0.2, 0) is 10.3 Å². The van der Waals surface area contributed by atoms with Crippen LogP contribution in [0.15, 0.2) is 78.9 Å². The second kappa shape index (κ2) is 8.55. The number of carbonyl (C=O) groups excluding carboxylic acids is 3. The Morgan fingerprint density at radius 3 is 2.00 bits per heavy atom. The summed E-state index contributed by atoms with van der Waals surface area (Å²) in [5.41, 5.74) is 0.0273. The van der Waals surface area contributed by atoms with Crippen LogP contribution in [0.1, 0.15) is 21.5 Å². The first-order valence-electron chi connectivity index (χ1n) is 10.0. The number of carbonyl (C=O) groups is 3. The van der Waals surface area contributed by atoms with Crippen molar-refractivity contribution >= 4 is 17.7 Å². The molecule has 1 saturated heterocycles. The Hall–Kier alpha value is -4.13. The molecular weight excluding hydrogens is 408 g/mol. The molecule has 3 aromatic rings. The molecule has 0 bridgehead atoms. The molecule has 0 saturated carbocycles. The van der Waals surface area contributed by atoms with Gasteiger partial charge in [-0.05, 0) is 29.3 Å². The molecule has 0 unspecified atom stereocenters. The molecule has 1 aliphatic heterocycles. The van der Waals surface area contributed by atoms with E-state index in [-0.39, 0.29) is 5.56 Å². The van der Waals surface area contributed by atoms with Gasteiger partial charge in [0.2, 0.25) is 0 Å². The quantitative estimate of drug-likeness (QED) is 0.459. The standard InChI is InChI=1S/C25H22N2O5/c1-31-19-13-14-22(32-2)20(15-19)21(28)16-27-23(29)25(26-24(27)30,17-9-5-3-6-10-17)18-11-7-4-8-12-18/h3-15H,16H2,1-2H3,(H,26,30). The largest absolute Gasteiger partial charge is 0.497 e. The van der Waals surface area contributed by atoms with Crippen molar-refractivity contribution in [3.8, 4) is 11.5 Å². The van der Waals surface area contributed by atoms with Crippen LogP contribution in [0.3, 0.4) is 0 Å². The molecule has 162 valence electrons. The van der Waals surface area contributed by atoms with Crippen LogP contribution >= 0.6 is 0 Å². The van der Waals surface area contributed by atoms with Crippen molar-refractivity contribution in [2.75, 3.05) is 20.8 Å². The summed E-state index contributed by atoms with van der Waals surface area (Å²) in [7, 11) is 2.93. The second-order valence-corrected chi connectivity index (χ2v) is 7.29. The zero-order chi connectivity index (χ0) is 22.7. The summed E-state index contributed by atoms with van der Waals surface area (Å²) < 4.78 is 10.5. The van der Waals surface area contributed by atoms with Crippen LogP contribution in [0, 0.1) is 0 Å². The van der Waals surface area contributed by atoms with E-state index >= 15 is 0 Å². The highest BCUT2D eigenvalue weighted by atomic mass is 16.5. The first-order chi connectivity index (χ1) is 15.5. The minimum atomic E-state index is -1.42. The summed E-state index contributed by atoms with van der Waals surface area (Å²) in [6, 6.07) is 22.1. The number of ketones is 1. The number of methoxy groups -OCH3 is 2. The van der Waals surface area contributed by atoms with Crippen molar-refractivity contribution in [1.82, 2.24) is 10.2 Å². The predicted octanol–water partition coefficient (Wildman–Crippen LogP) is 3.38. The van der Waals surface area contributed by atoms with Crippen molar-refractivity contribution in [3.63, 3.8) is 0 Å². The van der Waals surface area contributed by atoms with Crippen LogP contribution in [0.5, 0.6) is 11.5 Å². The minimum absolute atomic E-state index is 0.226. The fraction of sp³-hybridized carbons (Fsp3) is 0.160. The third-order valence-corrected chi connectivity index (χ3v) is 5.53. The predicted molar refractivity (Wildman–Crippen MR) is 118 cm³/mol. The fourth-order valence-electron chi connectivity index (χ4n) is 3.91. The number of nitrogens with one attached hydrogen (secondary N) is 1. The average molecular weight is 430 g/mol. The zero-order valence-electron chi connectivity index (χ0n) is 17.7. The molecular formula is C25H22N2O5. The van der Waals surface area contributed by atoms with Crippen molar-refractivity contribution < 1.29 is 23.9 Å². The molecule has 1 aliphatic rings. The highest BCUT2D eigenvalue weighted by molar-refractivity contribution is 6.13. The second-order valence-electron chi connectivity index (χ2n) is 7.29. The lowest BCUT2D eigenvalue weighted by Gasteiger charge is -2.28. The number of rotatable bonds is 7. The van der Waals surface area contributed by atoms with Gasteiger partial charge in [-0.15, -0.1) is 0 Å². The lowest BCUT2D eigenvalue weighted by Crippen LogP contribution is -2.45. The Bertz CT molecular complexity index is 1120. The van der Waals surface area contributed by atoms with Crippen molar-refractivity contribution in [2.24, 2.45) is 0 Å². The molecule has 1 fully saturated rings. The first-order valence-corrected chi connectivity index (χ1v) is 10.0. The van der Waals surface area contributed by atoms with Crippen LogP contribution in [0.2, 0.25) is 0 Å². The molecule has 0 spiro atoms. The van der Waals surface area contributed by atoms with Gasteiger partial charge in [-0.1, -0.05) is 60.7 Å². The summed E-state index contributed by atoms with van der Waals surface area (Å²) in [5.74, 6) is -0.161. The molecule has 32 heavy (non-hydrogen) atoms. The van der Waals surface area contributed by atoms with Gasteiger partial charge in [0.25, 0.3) is 5.91 Å². The third kappa shape index (κ3) is 3.47. The first kappa shape index (κ1) is 21.1. The molecule has 7 nitrogen and oxygen atoms in total. The number of hydrogen-bond acceptors (Lipinski definition) is 5. The van der Waals surface area contributed by atoms with E-state index in [1.807, 2.05) is 12.1 Å². The molecule has 0 atom stereocenters. The summed E-state index contributed by atoms with van der Waals surface area (Å²) >= 11 is 0. The number of nitrogens with zero attached hydrogens (tertiary/aromatic N) is 1. The normalized spacial score (nSPS) is 14.8. The highest BCUT2D eigenvalue weighted by Gasteiger charge is 2.54. The summed E-state index contributed by atoms with van der Waals surface area (Å²) in [5, 5.41) is 2.84. The topological polar surface area (TPSA) is 84.9 Å². The molecule has 1 heterocycles. The SMILES string of the molecule is COc1ccc(OC)c(C(=O)CN2C(=O)NC(c3ccccc3)(c3ccccc3)C2=O)c1. The minimum Gasteiger partial charge on any atom is -0.497 e. The lowest BCUT2D eigenvalue weighted by molar-refractivity contribution is -0.129. The fourth-order valence-corrected chi connectivity index (χ4v) is 3.91. The van der Waals surface area contributed by atoms with Gasteiger partial charge >= 0.3 is 6.03 Å². The highest BCUT2D eigenvalue weighted by Crippen LogP contribution is 2.36. The van der Waals surface area contributed by atoms with Gasteiger partial charge in [-0.25, -0.2) is 4.79 Å². The van der Waals surface area contributed by atoms with E-state index in [9.17, 15) is 14.4 Å². The number of urea groups is 1. The molecule has 7 heteroatoms. The van der Waals surface area contributed by atoms with E-state index in [1.165, 1.54) is 20.3 Å². The molecule has 1 N–H and O–H groups in total. The number of ether oxygens (including phenoxy) is 2. The molecule has 3 aromatic carbocycles. The monoisotopic (exact) mass is 430 g/mol. The van der Waals surface area contributed by atoms with E-state index in [1.54, 1.807) is 60.7 Å². The van der Waals surface area contributed by atoms with E-state index in [4.69, 9.17) is 9.47 Å². The Morgan fingerprint density at radius 1 is 0.875 bits per heavy atom. The Balaban J connectivity index is 1.73. The van der Waals surface area contributed by atoms with Crippen LogP contribution < -0.4 is 14.8 Å². The molecule has 4 rings (SSSR count). The number of amides is 3. The summed E-state index contributed by atoms with van der Waals surface area (Å²) in [6.45, 7) is -0.435. The molecule has 0 aromatic heterocycles. The Labute approximate surface area is 185 Å². The average Bonchev–Trinajstić information content (AvgIpc) is 3.10. The Kier molecular flexibility index (Phi) is 5.64. The maximum absolute atomic E-state index is 13.7. The van der Waals surface area contributed by atoms with Crippen molar-refractivity contribution in [3.05, 3.63) is 95.6 Å². The number of Topliss-reactive ketones (excluding diaryl/α,β-unsaturated/α-hetero) is 1. The van der Waals surface area contributed by atoms with E-state index in [0.29, 0.717) is 22.6 Å². The van der Waals surface area contributed by atoms with Gasteiger partial charge in [0.05, 0.1) is 26.3 Å². The van der Waals surface area contributed by atoms with E-state index in [2.05, 4.69) is 5.32 Å². The van der Waals surface area contributed by atoms with Gasteiger partial charge < -0.3 is 14.8 Å². The number of hydrogen-bond donors (Lipinski definition) is 1. The Morgan fingerprint density at radius 2 is 1.47 bits per heavy atom. The zero-order valence-corrected chi connectivity index (χ0v) is 17.7. The van der Waals surface area contributed by atoms with Gasteiger partial charge in [0, 0.05) is 0 Å². The van der Waals surface area contributed by atoms with Crippen molar-refractivity contribution in [2.45, 2.75) is 5.54 Å². The van der Waals surface area contributed by atoms with Gasteiger partial charge in [0.15, 0.2) is 11.3 Å². The molecule has 0 aliphatic carbocycles. The maximum atomic E-state index is 13.7. The van der Waals surface area contributed by atoms with Crippen LogP contribution in [-0.4, -0.2) is 43.4 Å².